The highest BCUT2D eigenvalue weighted by molar-refractivity contribution is 9.10. The zero-order valence-corrected chi connectivity index (χ0v) is 11.8. The number of hydrogen-bond donors (Lipinski definition) is 2. The number of hydrogen-bond acceptors (Lipinski definition) is 2. The van der Waals surface area contributed by atoms with E-state index in [1.807, 2.05) is 0 Å². The molecule has 1 heterocycles. The Kier molecular flexibility index (Phi) is 4.35. The van der Waals surface area contributed by atoms with Crippen LogP contribution >= 0.6 is 15.9 Å². The van der Waals surface area contributed by atoms with Gasteiger partial charge in [0.15, 0.2) is 0 Å². The maximum absolute atomic E-state index is 13.6. The molecule has 5 heteroatoms. The molecular formula is C13H16BrFN2O. The molecule has 3 nitrogen and oxygen atoms in total. The molecule has 18 heavy (non-hydrogen) atoms. The van der Waals surface area contributed by atoms with Gasteiger partial charge in [0.2, 0.25) is 5.91 Å². The van der Waals surface area contributed by atoms with E-state index in [-0.39, 0.29) is 17.5 Å². The van der Waals surface area contributed by atoms with Gasteiger partial charge in [0.05, 0.1) is 5.69 Å². The minimum atomic E-state index is -0.417. The molecule has 2 atom stereocenters. The highest BCUT2D eigenvalue weighted by Gasteiger charge is 2.25. The van der Waals surface area contributed by atoms with Crippen LogP contribution in [0.15, 0.2) is 22.7 Å². The Balaban J connectivity index is 2.02. The molecule has 0 saturated carbocycles. The Bertz CT molecular complexity index is 453. The highest BCUT2D eigenvalue weighted by atomic mass is 79.9. The van der Waals surface area contributed by atoms with Gasteiger partial charge in [0.25, 0.3) is 0 Å². The van der Waals surface area contributed by atoms with Crippen molar-refractivity contribution < 1.29 is 9.18 Å². The fourth-order valence-corrected chi connectivity index (χ4v) is 2.53. The smallest absolute Gasteiger partial charge is 0.227 e. The standard InChI is InChI=1S/C13H16BrFN2O/c1-8-6-9(4-5-16-8)13(18)17-12-3-2-10(14)7-11(12)15/h2-3,7-9,16H,4-6H2,1H3,(H,17,18). The number of carbonyl (C=O) groups is 1. The van der Waals surface area contributed by atoms with Crippen LogP contribution in [0.3, 0.4) is 0 Å². The second kappa shape index (κ2) is 5.80. The first-order valence-electron chi connectivity index (χ1n) is 6.05. The average molecular weight is 315 g/mol. The van der Waals surface area contributed by atoms with E-state index >= 15 is 0 Å². The SMILES string of the molecule is CC1CC(C(=O)Nc2ccc(Br)cc2F)CCN1. The Morgan fingerprint density at radius 2 is 2.33 bits per heavy atom. The van der Waals surface area contributed by atoms with Crippen molar-refractivity contribution in [3.8, 4) is 0 Å². The van der Waals surface area contributed by atoms with Gasteiger partial charge in [-0.15, -0.1) is 0 Å². The first kappa shape index (κ1) is 13.5. The van der Waals surface area contributed by atoms with Crippen molar-refractivity contribution in [2.45, 2.75) is 25.8 Å². The van der Waals surface area contributed by atoms with Crippen LogP contribution in [0.5, 0.6) is 0 Å². The molecule has 0 radical (unpaired) electrons. The van der Waals surface area contributed by atoms with Gasteiger partial charge in [-0.2, -0.15) is 0 Å². The van der Waals surface area contributed by atoms with Crippen molar-refractivity contribution >= 4 is 27.5 Å². The first-order valence-corrected chi connectivity index (χ1v) is 6.85. The van der Waals surface area contributed by atoms with Crippen LogP contribution in [0.25, 0.3) is 0 Å². The fourth-order valence-electron chi connectivity index (χ4n) is 2.20. The van der Waals surface area contributed by atoms with Crippen LogP contribution in [0, 0.1) is 11.7 Å². The van der Waals surface area contributed by atoms with Gasteiger partial charge in [-0.3, -0.25) is 4.79 Å². The van der Waals surface area contributed by atoms with Gasteiger partial charge in [-0.05, 0) is 44.5 Å². The monoisotopic (exact) mass is 314 g/mol. The molecule has 1 aliphatic heterocycles. The van der Waals surface area contributed by atoms with E-state index in [9.17, 15) is 9.18 Å². The number of rotatable bonds is 2. The van der Waals surface area contributed by atoms with E-state index < -0.39 is 5.82 Å². The topological polar surface area (TPSA) is 41.1 Å². The van der Waals surface area contributed by atoms with Crippen molar-refractivity contribution in [2.24, 2.45) is 5.92 Å². The lowest BCUT2D eigenvalue weighted by Crippen LogP contribution is -2.40. The van der Waals surface area contributed by atoms with Crippen molar-refractivity contribution in [1.29, 1.82) is 0 Å². The molecule has 0 spiro atoms. The van der Waals surface area contributed by atoms with E-state index in [1.165, 1.54) is 6.07 Å². The van der Waals surface area contributed by atoms with Gasteiger partial charge in [-0.25, -0.2) is 4.39 Å². The van der Waals surface area contributed by atoms with E-state index in [0.717, 1.165) is 19.4 Å². The lowest BCUT2D eigenvalue weighted by atomic mass is 9.92. The van der Waals surface area contributed by atoms with Crippen molar-refractivity contribution in [3.63, 3.8) is 0 Å². The Morgan fingerprint density at radius 3 is 3.00 bits per heavy atom. The zero-order chi connectivity index (χ0) is 13.1. The first-order chi connectivity index (χ1) is 8.56. The van der Waals surface area contributed by atoms with Gasteiger partial charge in [0, 0.05) is 16.4 Å². The maximum atomic E-state index is 13.6. The summed E-state index contributed by atoms with van der Waals surface area (Å²) < 4.78 is 14.3. The quantitative estimate of drug-likeness (QED) is 0.881. The van der Waals surface area contributed by atoms with Crippen LogP contribution in [-0.2, 0) is 4.79 Å². The van der Waals surface area contributed by atoms with E-state index in [0.29, 0.717) is 10.5 Å². The van der Waals surface area contributed by atoms with Crippen molar-refractivity contribution in [2.75, 3.05) is 11.9 Å². The number of carbonyl (C=O) groups excluding carboxylic acids is 1. The van der Waals surface area contributed by atoms with E-state index in [2.05, 4.69) is 33.5 Å². The minimum Gasteiger partial charge on any atom is -0.323 e. The molecule has 1 amide bonds. The number of halogens is 2. The third kappa shape index (κ3) is 3.29. The van der Waals surface area contributed by atoms with Crippen LogP contribution < -0.4 is 10.6 Å². The molecule has 1 aliphatic rings. The minimum absolute atomic E-state index is 0.0377. The molecule has 1 aromatic rings. The average Bonchev–Trinajstić information content (AvgIpc) is 2.32. The Labute approximate surface area is 114 Å². The highest BCUT2D eigenvalue weighted by Crippen LogP contribution is 2.22. The Hall–Kier alpha value is -0.940. The lowest BCUT2D eigenvalue weighted by Gasteiger charge is -2.27. The largest absolute Gasteiger partial charge is 0.323 e. The maximum Gasteiger partial charge on any atom is 0.227 e. The van der Waals surface area contributed by atoms with Gasteiger partial charge < -0.3 is 10.6 Å². The summed E-state index contributed by atoms with van der Waals surface area (Å²) in [4.78, 5) is 12.0. The van der Waals surface area contributed by atoms with Gasteiger partial charge in [0.1, 0.15) is 5.82 Å². The Morgan fingerprint density at radius 1 is 1.56 bits per heavy atom. The van der Waals surface area contributed by atoms with Crippen LogP contribution in [0.4, 0.5) is 10.1 Å². The van der Waals surface area contributed by atoms with Gasteiger partial charge >= 0.3 is 0 Å². The second-order valence-corrected chi connectivity index (χ2v) is 5.61. The van der Waals surface area contributed by atoms with Crippen LogP contribution in [-0.4, -0.2) is 18.5 Å². The summed E-state index contributed by atoms with van der Waals surface area (Å²) >= 11 is 3.19. The number of nitrogens with one attached hydrogen (secondary N) is 2. The molecule has 1 fully saturated rings. The van der Waals surface area contributed by atoms with E-state index in [1.54, 1.807) is 12.1 Å². The molecule has 0 aromatic heterocycles. The summed E-state index contributed by atoms with van der Waals surface area (Å²) in [6.07, 6.45) is 1.60. The summed E-state index contributed by atoms with van der Waals surface area (Å²) in [6, 6.07) is 4.97. The van der Waals surface area contributed by atoms with Crippen molar-refractivity contribution in [1.82, 2.24) is 5.32 Å². The molecule has 2 N–H and O–H groups in total. The fraction of sp³-hybridized carbons (Fsp3) is 0.462. The molecule has 0 bridgehead atoms. The van der Waals surface area contributed by atoms with Crippen LogP contribution in [0.1, 0.15) is 19.8 Å². The summed E-state index contributed by atoms with van der Waals surface area (Å²) in [6.45, 7) is 2.89. The molecular weight excluding hydrogens is 299 g/mol. The lowest BCUT2D eigenvalue weighted by molar-refractivity contribution is -0.120. The number of amides is 1. The van der Waals surface area contributed by atoms with Crippen LogP contribution in [0.2, 0.25) is 0 Å². The molecule has 98 valence electrons. The normalized spacial score (nSPS) is 23.7. The molecule has 1 aromatic carbocycles. The predicted octanol–water partition coefficient (Wildman–Crippen LogP) is 2.91. The number of anilines is 1. The third-order valence-corrected chi connectivity index (χ3v) is 3.68. The third-order valence-electron chi connectivity index (χ3n) is 3.18. The number of piperidine rings is 1. The molecule has 2 rings (SSSR count). The zero-order valence-electron chi connectivity index (χ0n) is 10.2. The van der Waals surface area contributed by atoms with E-state index in [4.69, 9.17) is 0 Å². The second-order valence-electron chi connectivity index (χ2n) is 4.69. The molecule has 0 aliphatic carbocycles. The molecule has 2 unspecified atom stereocenters. The summed E-state index contributed by atoms with van der Waals surface area (Å²) in [7, 11) is 0. The van der Waals surface area contributed by atoms with Crippen molar-refractivity contribution in [3.05, 3.63) is 28.5 Å². The van der Waals surface area contributed by atoms with Gasteiger partial charge in [-0.1, -0.05) is 15.9 Å². The molecule has 1 saturated heterocycles. The predicted molar refractivity (Wildman–Crippen MR) is 72.9 cm³/mol. The number of benzene rings is 1. The summed E-state index contributed by atoms with van der Waals surface area (Å²) in [5.74, 6) is -0.548. The summed E-state index contributed by atoms with van der Waals surface area (Å²) in [5.41, 5.74) is 0.245. The summed E-state index contributed by atoms with van der Waals surface area (Å²) in [5, 5.41) is 5.95.